The van der Waals surface area contributed by atoms with Crippen molar-refractivity contribution < 1.29 is 27.5 Å². The van der Waals surface area contributed by atoms with Gasteiger partial charge in [-0.15, -0.1) is 23.8 Å². The van der Waals surface area contributed by atoms with E-state index in [1.807, 2.05) is 36.4 Å². The Kier molecular flexibility index (Phi) is 8.32. The van der Waals surface area contributed by atoms with Gasteiger partial charge in [-0.1, -0.05) is 75.7 Å². The van der Waals surface area contributed by atoms with Crippen molar-refractivity contribution in [3.63, 3.8) is 0 Å². The zero-order valence-corrected chi connectivity index (χ0v) is 25.8. The number of imidazole rings is 1. The van der Waals surface area contributed by atoms with Crippen LogP contribution in [0.5, 0.6) is 5.75 Å². The molecule has 6 rings (SSSR count). The molecule has 4 heteroatoms. The topological polar surface area (TPSA) is 38.0 Å². The summed E-state index contributed by atoms with van der Waals surface area (Å²) in [6.07, 6.45) is 0. The summed E-state index contributed by atoms with van der Waals surface area (Å²) in [5.74, 6) is 1.54. The third kappa shape index (κ3) is 5.29. The predicted molar refractivity (Wildman–Crippen MR) is 165 cm³/mol. The monoisotopic (exact) mass is 717 g/mol. The van der Waals surface area contributed by atoms with Crippen LogP contribution in [0.25, 0.3) is 50.4 Å². The second kappa shape index (κ2) is 11.9. The molecular weight excluding hydrogens is 685 g/mol. The van der Waals surface area contributed by atoms with E-state index in [1.54, 1.807) is 6.07 Å². The molecule has 0 fully saturated rings. The molecular formula is C37H32AuN2O-2. The van der Waals surface area contributed by atoms with E-state index in [1.165, 1.54) is 11.1 Å². The molecule has 0 bridgehead atoms. The van der Waals surface area contributed by atoms with Gasteiger partial charge in [0.1, 0.15) is 11.6 Å². The summed E-state index contributed by atoms with van der Waals surface area (Å²) in [5.41, 5.74) is 10.2. The second-order valence-corrected chi connectivity index (χ2v) is 10.8. The van der Waals surface area contributed by atoms with E-state index in [0.717, 1.165) is 44.8 Å². The van der Waals surface area contributed by atoms with Gasteiger partial charge in [-0.05, 0) is 41.2 Å². The molecule has 0 aliphatic heterocycles. The van der Waals surface area contributed by atoms with Crippen LogP contribution in [0.15, 0.2) is 103 Å². The minimum Gasteiger partial charge on any atom is -0.507 e. The molecule has 0 aliphatic carbocycles. The normalized spacial score (nSPS) is 11.3. The van der Waals surface area contributed by atoms with Crippen molar-refractivity contribution in [3.8, 4) is 45.1 Å². The fourth-order valence-corrected chi connectivity index (χ4v) is 5.50. The Hall–Kier alpha value is -3.89. The molecule has 0 spiro atoms. The maximum Gasteiger partial charge on any atom is 0.148 e. The summed E-state index contributed by atoms with van der Waals surface area (Å²) in [5, 5.41) is 11.0. The van der Waals surface area contributed by atoms with Crippen LogP contribution in [0.4, 0.5) is 0 Å². The average molecular weight is 718 g/mol. The number of benzene rings is 5. The van der Waals surface area contributed by atoms with Gasteiger partial charge in [-0.2, -0.15) is 42.0 Å². The molecule has 1 heterocycles. The number of aromatic nitrogens is 2. The Morgan fingerprint density at radius 3 is 1.95 bits per heavy atom. The molecule has 0 saturated carbocycles. The van der Waals surface area contributed by atoms with Crippen LogP contribution in [-0.2, 0) is 22.4 Å². The number of hydrogen-bond donors (Lipinski definition) is 1. The van der Waals surface area contributed by atoms with Crippen LogP contribution >= 0.6 is 0 Å². The minimum atomic E-state index is 0. The molecule has 0 aliphatic rings. The molecule has 1 radical (unpaired) electrons. The molecule has 1 aromatic heterocycles. The molecule has 0 atom stereocenters. The van der Waals surface area contributed by atoms with Gasteiger partial charge >= 0.3 is 0 Å². The summed E-state index contributed by atoms with van der Waals surface area (Å²) in [7, 11) is 0. The van der Waals surface area contributed by atoms with Crippen LogP contribution in [0.1, 0.15) is 50.7 Å². The van der Waals surface area contributed by atoms with E-state index in [-0.39, 0.29) is 28.1 Å². The average Bonchev–Trinajstić information content (AvgIpc) is 3.36. The number of para-hydroxylation sites is 3. The molecule has 5 aromatic carbocycles. The number of aromatic hydroxyl groups is 1. The van der Waals surface area contributed by atoms with Crippen LogP contribution in [-0.4, -0.2) is 14.7 Å². The molecule has 0 amide bonds. The molecule has 6 aromatic rings. The van der Waals surface area contributed by atoms with Crippen molar-refractivity contribution in [2.75, 3.05) is 0 Å². The molecule has 3 nitrogen and oxygen atoms in total. The largest absolute Gasteiger partial charge is 0.507 e. The van der Waals surface area contributed by atoms with Crippen molar-refractivity contribution in [3.05, 3.63) is 126 Å². The maximum atomic E-state index is 11.0. The fraction of sp³-hybridized carbons (Fsp3) is 0.162. The molecule has 41 heavy (non-hydrogen) atoms. The smallest absolute Gasteiger partial charge is 0.148 e. The van der Waals surface area contributed by atoms with Crippen LogP contribution in [0.3, 0.4) is 0 Å². The van der Waals surface area contributed by atoms with Crippen molar-refractivity contribution in [1.29, 1.82) is 0 Å². The molecule has 0 unspecified atom stereocenters. The van der Waals surface area contributed by atoms with Crippen molar-refractivity contribution in [1.82, 2.24) is 9.55 Å². The summed E-state index contributed by atoms with van der Waals surface area (Å²) in [4.78, 5) is 5.27. The number of fused-ring (bicyclic) bond motifs is 1. The minimum absolute atomic E-state index is 0. The Morgan fingerprint density at radius 1 is 0.659 bits per heavy atom. The predicted octanol–water partition coefficient (Wildman–Crippen LogP) is 9.58. The van der Waals surface area contributed by atoms with Gasteiger partial charge in [0, 0.05) is 22.4 Å². The van der Waals surface area contributed by atoms with Crippen molar-refractivity contribution >= 4 is 11.0 Å². The van der Waals surface area contributed by atoms with E-state index in [2.05, 4.69) is 105 Å². The number of rotatable bonds is 6. The third-order valence-corrected chi connectivity index (χ3v) is 7.48. The molecule has 1 N–H and O–H groups in total. The number of nitrogens with zero attached hydrogens (tertiary/aromatic N) is 2. The summed E-state index contributed by atoms with van der Waals surface area (Å²) in [6, 6.07) is 41.5. The summed E-state index contributed by atoms with van der Waals surface area (Å²) >= 11 is 0. The van der Waals surface area contributed by atoms with Gasteiger partial charge in [-0.3, -0.25) is 4.57 Å². The zero-order chi connectivity index (χ0) is 27.8. The first-order valence-electron chi connectivity index (χ1n) is 13.9. The zero-order valence-electron chi connectivity index (χ0n) is 23.6. The Labute approximate surface area is 258 Å². The number of phenolic OH excluding ortho intramolecular Hbond substituents is 1. The fourth-order valence-electron chi connectivity index (χ4n) is 5.50. The first-order chi connectivity index (χ1) is 19.4. The standard InChI is InChI=1S/C37H32N2O.Au/c1-24(2)29-18-11-19-30(25(3)4)36(29)39-33-21-12-20-31(35(33)38-37(39)32-17-8-9-22-34(32)40)28-16-10-15-27(23-28)26-13-6-5-7-14-26;/h5-13,15-22,24-25,40H,1-4H3;/q-2;. The molecule has 209 valence electrons. The number of phenols is 1. The van der Waals surface area contributed by atoms with Crippen LogP contribution in [0, 0.1) is 12.1 Å². The van der Waals surface area contributed by atoms with Crippen LogP contribution < -0.4 is 0 Å². The van der Waals surface area contributed by atoms with Crippen LogP contribution in [0.2, 0.25) is 0 Å². The SMILES string of the molecule is CC(C)c1cccc(C(C)C)c1-n1c(-c2ccccc2O)nc2c(-c3[c-]c(-c4[c-]cccc4)ccc3)cccc21.[Au]. The van der Waals surface area contributed by atoms with Gasteiger partial charge < -0.3 is 5.11 Å². The Bertz CT molecular complexity index is 1790. The van der Waals surface area contributed by atoms with E-state index < -0.39 is 0 Å². The van der Waals surface area contributed by atoms with Crippen molar-refractivity contribution in [2.24, 2.45) is 0 Å². The maximum absolute atomic E-state index is 11.0. The van der Waals surface area contributed by atoms with Gasteiger partial charge in [-0.25, -0.2) is 10.5 Å². The third-order valence-electron chi connectivity index (χ3n) is 7.48. The quantitative estimate of drug-likeness (QED) is 0.138. The molecule has 0 saturated heterocycles. The van der Waals surface area contributed by atoms with Crippen molar-refractivity contribution in [2.45, 2.75) is 39.5 Å². The van der Waals surface area contributed by atoms with E-state index in [9.17, 15) is 5.11 Å². The van der Waals surface area contributed by atoms with Gasteiger partial charge in [0.2, 0.25) is 0 Å². The summed E-state index contributed by atoms with van der Waals surface area (Å²) < 4.78 is 2.26. The number of hydrogen-bond acceptors (Lipinski definition) is 2. The van der Waals surface area contributed by atoms with Gasteiger partial charge in [0.25, 0.3) is 0 Å². The first kappa shape index (κ1) is 28.6. The van der Waals surface area contributed by atoms with E-state index >= 15 is 0 Å². The van der Waals surface area contributed by atoms with E-state index in [0.29, 0.717) is 17.4 Å². The van der Waals surface area contributed by atoms with Gasteiger partial charge in [0.15, 0.2) is 0 Å². The Balaban J connectivity index is 0.00000337. The van der Waals surface area contributed by atoms with Gasteiger partial charge in [0.05, 0.1) is 22.3 Å². The van der Waals surface area contributed by atoms with E-state index in [4.69, 9.17) is 4.98 Å². The first-order valence-corrected chi connectivity index (χ1v) is 13.9. The summed E-state index contributed by atoms with van der Waals surface area (Å²) in [6.45, 7) is 8.92. The second-order valence-electron chi connectivity index (χ2n) is 10.8. The Morgan fingerprint density at radius 2 is 1.27 bits per heavy atom.